The van der Waals surface area contributed by atoms with Crippen LogP contribution in [0.5, 0.6) is 0 Å². The Bertz CT molecular complexity index is 1370. The zero-order chi connectivity index (χ0) is 26.6. The molecule has 2 atom stereocenters. The number of hydrogen-bond donors (Lipinski definition) is 0. The summed E-state index contributed by atoms with van der Waals surface area (Å²) in [7, 11) is 1.78. The smallest absolute Gasteiger partial charge is 0.417 e. The van der Waals surface area contributed by atoms with Crippen molar-refractivity contribution >= 4 is 23.0 Å². The number of fused-ring (bicyclic) bond motifs is 2. The van der Waals surface area contributed by atoms with E-state index in [-0.39, 0.29) is 24.0 Å². The fraction of sp³-hybridized carbons (Fsp3) is 0.586. The topological polar surface area (TPSA) is 99.7 Å². The van der Waals surface area contributed by atoms with Crippen LogP contribution in [0.2, 0.25) is 0 Å². The number of carbonyl (C=O) groups excluding carboxylic acids is 2. The number of imidazole rings is 1. The molecule has 1 aliphatic heterocycles. The minimum absolute atomic E-state index is 0.0710. The van der Waals surface area contributed by atoms with Crippen molar-refractivity contribution < 1.29 is 23.6 Å². The van der Waals surface area contributed by atoms with Gasteiger partial charge in [-0.2, -0.15) is 0 Å². The number of benzene rings is 1. The van der Waals surface area contributed by atoms with Gasteiger partial charge in [-0.3, -0.25) is 4.79 Å². The minimum atomic E-state index is -0.735. The third kappa shape index (κ3) is 3.85. The predicted molar refractivity (Wildman–Crippen MR) is 141 cm³/mol. The molecule has 9 nitrogen and oxygen atoms in total. The molecular formula is C29H36N4O5. The Labute approximate surface area is 222 Å². The fourth-order valence-corrected chi connectivity index (χ4v) is 6.73. The summed E-state index contributed by atoms with van der Waals surface area (Å²) in [6.07, 6.45) is 6.35. The Kier molecular flexibility index (Phi) is 6.29. The molecule has 0 radical (unpaired) electrons. The lowest BCUT2D eigenvalue weighted by molar-refractivity contribution is -0.129. The third-order valence-electron chi connectivity index (χ3n) is 8.79. The van der Waals surface area contributed by atoms with E-state index in [4.69, 9.17) is 19.0 Å². The van der Waals surface area contributed by atoms with Crippen LogP contribution < -0.4 is 0 Å². The van der Waals surface area contributed by atoms with E-state index < -0.39 is 11.6 Å². The highest BCUT2D eigenvalue weighted by atomic mass is 16.6. The van der Waals surface area contributed by atoms with Crippen LogP contribution in [0, 0.1) is 19.8 Å². The lowest BCUT2D eigenvalue weighted by Gasteiger charge is -2.33. The number of rotatable bonds is 7. The van der Waals surface area contributed by atoms with E-state index in [2.05, 4.69) is 27.9 Å². The van der Waals surface area contributed by atoms with Crippen molar-refractivity contribution in [2.45, 2.75) is 89.8 Å². The van der Waals surface area contributed by atoms with Crippen molar-refractivity contribution in [1.29, 1.82) is 0 Å². The normalized spacial score (nSPS) is 26.7. The molecule has 6 rings (SSSR count). The van der Waals surface area contributed by atoms with E-state index in [9.17, 15) is 9.59 Å². The summed E-state index contributed by atoms with van der Waals surface area (Å²) >= 11 is 0. The summed E-state index contributed by atoms with van der Waals surface area (Å²) in [5, 5.41) is 4.12. The molecule has 0 N–H and O–H groups in total. The molecule has 3 fully saturated rings. The Morgan fingerprint density at radius 3 is 2.68 bits per heavy atom. The summed E-state index contributed by atoms with van der Waals surface area (Å²) in [6.45, 7) is 6.22. The maximum absolute atomic E-state index is 13.2. The SMILES string of the molecule is CCCCOC(=O)N1C(=O)C[C@@H]2C[C@@]21c1nc2cc(-c3c(C)noc3C)ccc2n1[C@H]1CC[C@H](OC)CC1. The Morgan fingerprint density at radius 2 is 2.00 bits per heavy atom. The summed E-state index contributed by atoms with van der Waals surface area (Å²) in [5.74, 6) is 1.48. The first kappa shape index (κ1) is 25.1. The highest BCUT2D eigenvalue weighted by molar-refractivity contribution is 5.97. The molecule has 0 unspecified atom stereocenters. The molecule has 2 aliphatic carbocycles. The van der Waals surface area contributed by atoms with Gasteiger partial charge in [0, 0.05) is 31.1 Å². The first-order valence-corrected chi connectivity index (χ1v) is 13.9. The number of amides is 2. The van der Waals surface area contributed by atoms with Gasteiger partial charge in [0.2, 0.25) is 5.91 Å². The van der Waals surface area contributed by atoms with E-state index >= 15 is 0 Å². The summed E-state index contributed by atoms with van der Waals surface area (Å²) < 4.78 is 18.9. The van der Waals surface area contributed by atoms with E-state index in [0.29, 0.717) is 13.0 Å². The highest BCUT2D eigenvalue weighted by Gasteiger charge is 2.71. The number of unbranched alkanes of at least 4 members (excludes halogenated alkanes) is 1. The molecule has 0 bridgehead atoms. The maximum atomic E-state index is 13.2. The van der Waals surface area contributed by atoms with Crippen molar-refractivity contribution in [2.24, 2.45) is 5.92 Å². The molecular weight excluding hydrogens is 484 g/mol. The van der Waals surface area contributed by atoms with E-state index in [1.54, 1.807) is 7.11 Å². The van der Waals surface area contributed by atoms with Crippen LogP contribution in [0.15, 0.2) is 22.7 Å². The van der Waals surface area contributed by atoms with E-state index in [0.717, 1.165) is 84.4 Å². The number of methoxy groups -OCH3 is 1. The van der Waals surface area contributed by atoms with E-state index in [1.807, 2.05) is 20.8 Å². The molecule has 2 saturated carbocycles. The molecule has 202 valence electrons. The Hall–Kier alpha value is -3.20. The highest BCUT2D eigenvalue weighted by Crippen LogP contribution is 2.63. The number of piperidine rings is 1. The number of aromatic nitrogens is 3. The van der Waals surface area contributed by atoms with Crippen LogP contribution in [0.3, 0.4) is 0 Å². The lowest BCUT2D eigenvalue weighted by atomic mass is 9.92. The molecule has 1 aromatic carbocycles. The number of aryl methyl sites for hydroxylation is 2. The van der Waals surface area contributed by atoms with Crippen molar-refractivity contribution in [3.63, 3.8) is 0 Å². The molecule has 9 heteroatoms. The van der Waals surface area contributed by atoms with Gasteiger partial charge in [0.05, 0.1) is 29.4 Å². The first-order chi connectivity index (χ1) is 18.4. The molecule has 38 heavy (non-hydrogen) atoms. The Morgan fingerprint density at radius 1 is 1.21 bits per heavy atom. The fourth-order valence-electron chi connectivity index (χ4n) is 6.73. The van der Waals surface area contributed by atoms with Crippen LogP contribution in [-0.4, -0.2) is 51.4 Å². The van der Waals surface area contributed by atoms with Gasteiger partial charge >= 0.3 is 6.09 Å². The second kappa shape index (κ2) is 9.52. The van der Waals surface area contributed by atoms with Gasteiger partial charge in [-0.15, -0.1) is 0 Å². The van der Waals surface area contributed by atoms with Gasteiger partial charge in [-0.05, 0) is 70.1 Å². The predicted octanol–water partition coefficient (Wildman–Crippen LogP) is 5.82. The van der Waals surface area contributed by atoms with Crippen molar-refractivity contribution in [1.82, 2.24) is 19.6 Å². The van der Waals surface area contributed by atoms with Gasteiger partial charge in [0.1, 0.15) is 17.1 Å². The number of nitrogens with zero attached hydrogens (tertiary/aromatic N) is 4. The quantitative estimate of drug-likeness (QED) is 0.362. The maximum Gasteiger partial charge on any atom is 0.417 e. The van der Waals surface area contributed by atoms with Crippen molar-refractivity contribution in [3.8, 4) is 11.1 Å². The largest absolute Gasteiger partial charge is 0.449 e. The second-order valence-corrected chi connectivity index (χ2v) is 11.1. The van der Waals surface area contributed by atoms with Crippen LogP contribution in [0.1, 0.15) is 81.6 Å². The monoisotopic (exact) mass is 520 g/mol. The summed E-state index contributed by atoms with van der Waals surface area (Å²) in [4.78, 5) is 32.9. The Balaban J connectivity index is 1.46. The molecule has 1 saturated heterocycles. The van der Waals surface area contributed by atoms with Gasteiger partial charge in [0.15, 0.2) is 0 Å². The van der Waals surface area contributed by atoms with Gasteiger partial charge in [-0.1, -0.05) is 24.6 Å². The number of likely N-dealkylation sites (tertiary alicyclic amines) is 1. The molecule has 3 heterocycles. The van der Waals surface area contributed by atoms with Gasteiger partial charge in [0.25, 0.3) is 0 Å². The average molecular weight is 521 g/mol. The van der Waals surface area contributed by atoms with Crippen molar-refractivity contribution in [2.75, 3.05) is 13.7 Å². The van der Waals surface area contributed by atoms with Crippen LogP contribution >= 0.6 is 0 Å². The second-order valence-electron chi connectivity index (χ2n) is 11.1. The average Bonchev–Trinajstić information content (AvgIpc) is 3.17. The van der Waals surface area contributed by atoms with Gasteiger partial charge < -0.3 is 18.6 Å². The number of imide groups is 1. The van der Waals surface area contributed by atoms with E-state index in [1.165, 1.54) is 4.90 Å². The lowest BCUT2D eigenvalue weighted by Crippen LogP contribution is -2.43. The van der Waals surface area contributed by atoms with Gasteiger partial charge in [-0.25, -0.2) is 14.7 Å². The van der Waals surface area contributed by atoms with Crippen LogP contribution in [-0.2, 0) is 19.8 Å². The molecule has 2 amide bonds. The standard InChI is InChI=1S/C29H36N4O5/c1-5-6-13-37-28(35)33-25(34)15-20-16-29(20,33)27-30-23-14-19(26-17(2)31-38-18(26)3)7-12-24(23)32(27)21-8-10-22(36-4)11-9-21/h7,12,14,20-22H,5-6,8-11,13,15-16H2,1-4H3/t20-,21-,22-,29+/m1/s1. The zero-order valence-electron chi connectivity index (χ0n) is 22.7. The van der Waals surface area contributed by atoms with Crippen molar-refractivity contribution in [3.05, 3.63) is 35.5 Å². The molecule has 0 spiro atoms. The van der Waals surface area contributed by atoms with Crippen LogP contribution in [0.4, 0.5) is 4.79 Å². The number of ether oxygens (including phenoxy) is 2. The molecule has 3 aliphatic rings. The summed E-state index contributed by atoms with van der Waals surface area (Å²) in [5.41, 5.74) is 3.95. The van der Waals surface area contributed by atoms with Crippen LogP contribution in [0.25, 0.3) is 22.2 Å². The first-order valence-electron chi connectivity index (χ1n) is 13.9. The molecule has 3 aromatic rings. The summed E-state index contributed by atoms with van der Waals surface area (Å²) in [6, 6.07) is 6.51. The zero-order valence-corrected chi connectivity index (χ0v) is 22.7. The third-order valence-corrected chi connectivity index (χ3v) is 8.79. The molecule has 2 aromatic heterocycles. The minimum Gasteiger partial charge on any atom is -0.449 e. The number of hydrogen-bond acceptors (Lipinski definition) is 7. The number of carbonyl (C=O) groups is 2.